The number of carboxylic acids is 1. The second-order valence-electron chi connectivity index (χ2n) is 6.37. The number of halogens is 3. The van der Waals surface area contributed by atoms with Gasteiger partial charge in [-0.15, -0.1) is 11.3 Å². The molecule has 0 atom stereocenters. The third-order valence-corrected chi connectivity index (χ3v) is 7.02. The molecule has 31 heavy (non-hydrogen) atoms. The molecule has 164 valence electrons. The molecule has 0 radical (unpaired) electrons. The number of benzene rings is 1. The highest BCUT2D eigenvalue weighted by Crippen LogP contribution is 2.33. The van der Waals surface area contributed by atoms with Crippen LogP contribution in [0.25, 0.3) is 11.3 Å². The average molecular weight is 472 g/mol. The van der Waals surface area contributed by atoms with Gasteiger partial charge in [0, 0.05) is 11.9 Å². The van der Waals surface area contributed by atoms with Crippen molar-refractivity contribution in [3.05, 3.63) is 68.4 Å². The Morgan fingerprint density at radius 3 is 2.42 bits per heavy atom. The molecule has 12 heteroatoms. The zero-order valence-corrected chi connectivity index (χ0v) is 17.5. The summed E-state index contributed by atoms with van der Waals surface area (Å²) < 4.78 is 65.6. The van der Waals surface area contributed by atoms with Crippen molar-refractivity contribution in [2.75, 3.05) is 0 Å². The first-order valence-electron chi connectivity index (χ1n) is 8.76. The number of aromatic carboxylic acids is 1. The second kappa shape index (κ2) is 8.27. The van der Waals surface area contributed by atoms with E-state index in [9.17, 15) is 36.3 Å². The maximum atomic E-state index is 13.4. The lowest BCUT2D eigenvalue weighted by Gasteiger charge is -2.17. The fourth-order valence-corrected chi connectivity index (χ4v) is 5.44. The molecule has 2 aromatic heterocycles. The Morgan fingerprint density at radius 2 is 1.87 bits per heavy atom. The predicted octanol–water partition coefficient (Wildman–Crippen LogP) is 3.68. The van der Waals surface area contributed by atoms with Crippen molar-refractivity contribution < 1.29 is 31.5 Å². The Kier molecular flexibility index (Phi) is 6.05. The number of carboxylic acid groups (broad SMARTS) is 1. The van der Waals surface area contributed by atoms with Gasteiger partial charge in [0.05, 0.1) is 21.7 Å². The highest BCUT2D eigenvalue weighted by Gasteiger charge is 2.40. The van der Waals surface area contributed by atoms with E-state index in [1.807, 2.05) is 0 Å². The van der Waals surface area contributed by atoms with E-state index in [1.165, 1.54) is 24.4 Å². The van der Waals surface area contributed by atoms with Gasteiger partial charge in [0.1, 0.15) is 16.5 Å². The Balaban J connectivity index is 2.09. The second-order valence-corrected chi connectivity index (χ2v) is 9.30. The molecule has 2 heterocycles. The van der Waals surface area contributed by atoms with Crippen molar-refractivity contribution in [3.63, 3.8) is 0 Å². The minimum atomic E-state index is -5.06. The summed E-state index contributed by atoms with van der Waals surface area (Å²) in [4.78, 5) is 28.3. The molecule has 0 saturated carbocycles. The summed E-state index contributed by atoms with van der Waals surface area (Å²) in [6.07, 6.45) is -5.06. The van der Waals surface area contributed by atoms with Crippen molar-refractivity contribution in [1.82, 2.24) is 9.55 Å². The van der Waals surface area contributed by atoms with E-state index >= 15 is 0 Å². The van der Waals surface area contributed by atoms with Gasteiger partial charge < -0.3 is 9.67 Å². The summed E-state index contributed by atoms with van der Waals surface area (Å²) in [6.45, 7) is 0.867. The molecule has 3 aromatic rings. The summed E-state index contributed by atoms with van der Waals surface area (Å²) in [5, 5.41) is 10.7. The Hall–Kier alpha value is -2.99. The van der Waals surface area contributed by atoms with E-state index < -0.39 is 51.1 Å². The van der Waals surface area contributed by atoms with Crippen LogP contribution in [0.5, 0.6) is 0 Å². The third kappa shape index (κ3) is 4.54. The number of hydrogen-bond acceptors (Lipinski definition) is 6. The van der Waals surface area contributed by atoms with Crippen LogP contribution in [-0.4, -0.2) is 29.0 Å². The van der Waals surface area contributed by atoms with Gasteiger partial charge in [0.25, 0.3) is 5.56 Å². The number of hydrogen-bond donors (Lipinski definition) is 1. The fourth-order valence-electron chi connectivity index (χ4n) is 3.00. The van der Waals surface area contributed by atoms with Crippen LogP contribution in [0.15, 0.2) is 51.5 Å². The molecular formula is C19H15F3N2O5S2. The quantitative estimate of drug-likeness (QED) is 0.587. The number of aromatic nitrogens is 2. The van der Waals surface area contributed by atoms with E-state index in [2.05, 4.69) is 4.98 Å². The molecule has 0 amide bonds. The van der Waals surface area contributed by atoms with Gasteiger partial charge in [-0.05, 0) is 25.1 Å². The summed E-state index contributed by atoms with van der Waals surface area (Å²) in [5.74, 6) is -2.33. The highest BCUT2D eigenvalue weighted by molar-refractivity contribution is 7.90. The van der Waals surface area contributed by atoms with Crippen LogP contribution in [0.3, 0.4) is 0 Å². The van der Waals surface area contributed by atoms with E-state index in [1.54, 1.807) is 18.2 Å². The Morgan fingerprint density at radius 1 is 1.23 bits per heavy atom. The number of thiazole rings is 1. The first kappa shape index (κ1) is 22.7. The minimum absolute atomic E-state index is 0.0720. The molecule has 0 saturated heterocycles. The van der Waals surface area contributed by atoms with Crippen LogP contribution in [0, 0.1) is 0 Å². The molecule has 0 aliphatic rings. The Bertz CT molecular complexity index is 1300. The van der Waals surface area contributed by atoms with Crippen molar-refractivity contribution in [1.29, 1.82) is 0 Å². The topological polar surface area (TPSA) is 106 Å². The number of sulfone groups is 1. The molecular weight excluding hydrogens is 457 g/mol. The van der Waals surface area contributed by atoms with Gasteiger partial charge in [-0.3, -0.25) is 4.79 Å². The summed E-state index contributed by atoms with van der Waals surface area (Å²) in [7, 11) is -3.73. The molecule has 0 aliphatic heterocycles. The van der Waals surface area contributed by atoms with Crippen LogP contribution in [-0.2, 0) is 28.3 Å². The number of alkyl halides is 3. The normalized spacial score (nSPS) is 12.1. The van der Waals surface area contributed by atoms with Crippen LogP contribution in [0.1, 0.15) is 28.0 Å². The summed E-state index contributed by atoms with van der Waals surface area (Å²) >= 11 is 0.904. The lowest BCUT2D eigenvalue weighted by atomic mass is 10.1. The lowest BCUT2D eigenvalue weighted by Crippen LogP contribution is -2.31. The van der Waals surface area contributed by atoms with E-state index in [0.717, 1.165) is 11.3 Å². The van der Waals surface area contributed by atoms with E-state index in [4.69, 9.17) is 0 Å². The average Bonchev–Trinajstić information content (AvgIpc) is 3.14. The fraction of sp³-hybridized carbons (Fsp3) is 0.211. The zero-order valence-electron chi connectivity index (χ0n) is 15.9. The van der Waals surface area contributed by atoms with Crippen molar-refractivity contribution in [2.45, 2.75) is 30.3 Å². The van der Waals surface area contributed by atoms with Gasteiger partial charge in [-0.2, -0.15) is 13.2 Å². The minimum Gasteiger partial charge on any atom is -0.478 e. The maximum absolute atomic E-state index is 13.4. The van der Waals surface area contributed by atoms with Gasteiger partial charge in [0.2, 0.25) is 0 Å². The van der Waals surface area contributed by atoms with Gasteiger partial charge in [-0.1, -0.05) is 18.2 Å². The van der Waals surface area contributed by atoms with Crippen molar-refractivity contribution in [3.8, 4) is 11.3 Å². The molecule has 3 rings (SSSR count). The SMILES string of the molecule is CCn1c(C(F)(F)F)c(C(=O)O)cc(-c2csc(CS(=O)(=O)c3ccccc3)n2)c1=O. The van der Waals surface area contributed by atoms with Crippen LogP contribution in [0.4, 0.5) is 13.2 Å². The number of carbonyl (C=O) groups is 1. The molecule has 7 nitrogen and oxygen atoms in total. The predicted molar refractivity (Wildman–Crippen MR) is 107 cm³/mol. The van der Waals surface area contributed by atoms with E-state index in [-0.39, 0.29) is 21.2 Å². The van der Waals surface area contributed by atoms with Gasteiger partial charge in [0.15, 0.2) is 9.84 Å². The molecule has 0 unspecified atom stereocenters. The number of rotatable bonds is 6. The van der Waals surface area contributed by atoms with E-state index in [0.29, 0.717) is 10.6 Å². The van der Waals surface area contributed by atoms with Gasteiger partial charge in [-0.25, -0.2) is 18.2 Å². The standard InChI is InChI=1S/C19H15F3N2O5S2/c1-2-24-16(19(20,21)22)13(18(26)27)8-12(17(24)25)14-9-30-15(23-14)10-31(28,29)11-6-4-3-5-7-11/h3-9H,2,10H2,1H3,(H,26,27). The summed E-state index contributed by atoms with van der Waals surface area (Å²) in [5.41, 5.74) is -4.16. The van der Waals surface area contributed by atoms with Crippen LogP contribution >= 0.6 is 11.3 Å². The number of nitrogens with zero attached hydrogens (tertiary/aromatic N) is 2. The molecule has 0 bridgehead atoms. The highest BCUT2D eigenvalue weighted by atomic mass is 32.2. The zero-order chi connectivity index (χ0) is 23.0. The first-order chi connectivity index (χ1) is 14.5. The molecule has 0 fully saturated rings. The van der Waals surface area contributed by atoms with Gasteiger partial charge >= 0.3 is 12.1 Å². The van der Waals surface area contributed by atoms with Crippen molar-refractivity contribution in [2.24, 2.45) is 0 Å². The lowest BCUT2D eigenvalue weighted by molar-refractivity contribution is -0.144. The molecule has 0 spiro atoms. The molecule has 1 N–H and O–H groups in total. The molecule has 0 aliphatic carbocycles. The largest absolute Gasteiger partial charge is 0.478 e. The molecule has 1 aromatic carbocycles. The first-order valence-corrected chi connectivity index (χ1v) is 11.3. The summed E-state index contributed by atoms with van der Waals surface area (Å²) in [6, 6.07) is 8.23. The Labute approximate surface area is 178 Å². The maximum Gasteiger partial charge on any atom is 0.432 e. The van der Waals surface area contributed by atoms with Crippen molar-refractivity contribution >= 4 is 27.1 Å². The monoisotopic (exact) mass is 472 g/mol. The van der Waals surface area contributed by atoms with Crippen LogP contribution < -0.4 is 5.56 Å². The smallest absolute Gasteiger partial charge is 0.432 e. The third-order valence-electron chi connectivity index (χ3n) is 4.35. The van der Waals surface area contributed by atoms with Crippen LogP contribution in [0.2, 0.25) is 0 Å². The number of pyridine rings is 1.